The number of anilines is 2. The van der Waals surface area contributed by atoms with Crippen LogP contribution in [0, 0.1) is 6.92 Å². The largest absolute Gasteiger partial charge is 0.376 e. The van der Waals surface area contributed by atoms with Gasteiger partial charge < -0.3 is 15.0 Å². The number of hydrogen-bond donors (Lipinski definition) is 1. The Bertz CT molecular complexity index is 489. The minimum atomic E-state index is 0.245. The number of rotatable bonds is 5. The molecule has 0 saturated carbocycles. The third-order valence-corrected chi connectivity index (χ3v) is 4.17. The van der Waals surface area contributed by atoms with Crippen molar-refractivity contribution in [3.63, 3.8) is 0 Å². The van der Waals surface area contributed by atoms with E-state index < -0.39 is 0 Å². The Morgan fingerprint density at radius 3 is 2.62 bits per heavy atom. The van der Waals surface area contributed by atoms with Gasteiger partial charge in [-0.2, -0.15) is 0 Å². The second kappa shape index (κ2) is 6.60. The average molecular weight is 292 g/mol. The fraction of sp³-hybridized carbons (Fsp3) is 0.750. The van der Waals surface area contributed by atoms with Crippen LogP contribution in [0.5, 0.6) is 0 Å². The van der Waals surface area contributed by atoms with Crippen LogP contribution < -0.4 is 10.2 Å². The van der Waals surface area contributed by atoms with Gasteiger partial charge in [0.15, 0.2) is 0 Å². The molecular weight excluding hydrogens is 264 g/mol. The van der Waals surface area contributed by atoms with Gasteiger partial charge in [-0.1, -0.05) is 13.8 Å². The van der Waals surface area contributed by atoms with Crippen LogP contribution in [0.25, 0.3) is 0 Å². The summed E-state index contributed by atoms with van der Waals surface area (Å²) in [6, 6.07) is 0.382. The first kappa shape index (κ1) is 16.0. The van der Waals surface area contributed by atoms with Gasteiger partial charge >= 0.3 is 0 Å². The zero-order valence-electron chi connectivity index (χ0n) is 14.1. The summed E-state index contributed by atoms with van der Waals surface area (Å²) in [6.07, 6.45) is 1.30. The first-order valence-electron chi connectivity index (χ1n) is 7.92. The molecule has 21 heavy (non-hydrogen) atoms. The van der Waals surface area contributed by atoms with E-state index in [4.69, 9.17) is 9.72 Å². The smallest absolute Gasteiger partial charge is 0.137 e. The SMILES string of the molecule is CCNc1nc(C(C)C)nc(N(C)C2CCOC2C)c1C. The molecule has 1 aliphatic heterocycles. The normalized spacial score (nSPS) is 21.9. The number of ether oxygens (including phenoxy) is 1. The molecule has 1 aromatic rings. The predicted octanol–water partition coefficient (Wildman–Crippen LogP) is 2.95. The van der Waals surface area contributed by atoms with Crippen molar-refractivity contribution in [3.8, 4) is 0 Å². The molecule has 0 bridgehead atoms. The molecule has 1 aliphatic rings. The predicted molar refractivity (Wildman–Crippen MR) is 87.2 cm³/mol. The van der Waals surface area contributed by atoms with Crippen LogP contribution in [0.15, 0.2) is 0 Å². The second-order valence-electron chi connectivity index (χ2n) is 6.11. The van der Waals surface area contributed by atoms with E-state index in [-0.39, 0.29) is 6.10 Å². The molecule has 2 heterocycles. The molecule has 0 spiro atoms. The molecule has 1 fully saturated rings. The van der Waals surface area contributed by atoms with Crippen LogP contribution in [-0.2, 0) is 4.74 Å². The lowest BCUT2D eigenvalue weighted by atomic mass is 10.1. The van der Waals surface area contributed by atoms with Gasteiger partial charge in [0, 0.05) is 31.7 Å². The molecule has 2 rings (SSSR count). The van der Waals surface area contributed by atoms with Gasteiger partial charge in [-0.25, -0.2) is 9.97 Å². The molecule has 5 nitrogen and oxygen atoms in total. The fourth-order valence-electron chi connectivity index (χ4n) is 2.85. The standard InChI is InChI=1S/C16H28N4O/c1-7-17-15-11(4)16(19-14(18-15)10(2)3)20(6)13-8-9-21-12(13)5/h10,12-13H,7-9H2,1-6H3,(H,17,18,19). The van der Waals surface area contributed by atoms with Gasteiger partial charge in [-0.05, 0) is 27.2 Å². The lowest BCUT2D eigenvalue weighted by molar-refractivity contribution is 0.118. The molecular formula is C16H28N4O. The van der Waals surface area contributed by atoms with Gasteiger partial charge in [0.05, 0.1) is 12.1 Å². The summed E-state index contributed by atoms with van der Waals surface area (Å²) in [5, 5.41) is 3.36. The van der Waals surface area contributed by atoms with Gasteiger partial charge in [0.25, 0.3) is 0 Å². The Morgan fingerprint density at radius 1 is 1.38 bits per heavy atom. The van der Waals surface area contributed by atoms with Crippen LogP contribution >= 0.6 is 0 Å². The lowest BCUT2D eigenvalue weighted by Gasteiger charge is -2.30. The van der Waals surface area contributed by atoms with Crippen LogP contribution in [0.4, 0.5) is 11.6 Å². The Morgan fingerprint density at radius 2 is 2.10 bits per heavy atom. The van der Waals surface area contributed by atoms with E-state index in [2.05, 4.69) is 56.9 Å². The monoisotopic (exact) mass is 292 g/mol. The first-order chi connectivity index (χ1) is 9.95. The highest BCUT2D eigenvalue weighted by molar-refractivity contribution is 5.59. The molecule has 2 unspecified atom stereocenters. The minimum absolute atomic E-state index is 0.245. The van der Waals surface area contributed by atoms with Crippen molar-refractivity contribution in [1.82, 2.24) is 9.97 Å². The molecule has 1 N–H and O–H groups in total. The lowest BCUT2D eigenvalue weighted by Crippen LogP contribution is -2.38. The van der Waals surface area contributed by atoms with Crippen molar-refractivity contribution in [1.29, 1.82) is 0 Å². The Kier molecular flexibility index (Phi) is 5.04. The maximum atomic E-state index is 5.70. The molecule has 0 aromatic carbocycles. The molecule has 0 radical (unpaired) electrons. The van der Waals surface area contributed by atoms with Gasteiger partial charge in [0.2, 0.25) is 0 Å². The highest BCUT2D eigenvalue weighted by atomic mass is 16.5. The zero-order chi connectivity index (χ0) is 15.6. The molecule has 2 atom stereocenters. The van der Waals surface area contributed by atoms with E-state index in [1.807, 2.05) is 0 Å². The third-order valence-electron chi connectivity index (χ3n) is 4.17. The third kappa shape index (κ3) is 3.28. The van der Waals surface area contributed by atoms with Crippen molar-refractivity contribution in [2.75, 3.05) is 30.4 Å². The van der Waals surface area contributed by atoms with Crippen LogP contribution in [0.2, 0.25) is 0 Å². The second-order valence-corrected chi connectivity index (χ2v) is 6.11. The maximum Gasteiger partial charge on any atom is 0.137 e. The number of nitrogens with one attached hydrogen (secondary N) is 1. The summed E-state index contributed by atoms with van der Waals surface area (Å²) in [4.78, 5) is 11.7. The quantitative estimate of drug-likeness (QED) is 0.904. The summed E-state index contributed by atoms with van der Waals surface area (Å²) < 4.78 is 5.70. The molecule has 1 saturated heterocycles. The number of nitrogens with zero attached hydrogens (tertiary/aromatic N) is 3. The summed E-state index contributed by atoms with van der Waals surface area (Å²) in [5.74, 6) is 3.17. The van der Waals surface area contributed by atoms with Crippen molar-refractivity contribution < 1.29 is 4.74 Å². The molecule has 1 aromatic heterocycles. The fourth-order valence-corrected chi connectivity index (χ4v) is 2.85. The van der Waals surface area contributed by atoms with Crippen LogP contribution in [0.3, 0.4) is 0 Å². The Labute approximate surface area is 128 Å². The number of aromatic nitrogens is 2. The van der Waals surface area contributed by atoms with Crippen molar-refractivity contribution in [3.05, 3.63) is 11.4 Å². The van der Waals surface area contributed by atoms with Crippen molar-refractivity contribution in [2.45, 2.75) is 59.1 Å². The minimum Gasteiger partial charge on any atom is -0.376 e. The van der Waals surface area contributed by atoms with E-state index in [1.54, 1.807) is 0 Å². The Hall–Kier alpha value is -1.36. The van der Waals surface area contributed by atoms with Gasteiger partial charge in [-0.3, -0.25) is 0 Å². The van der Waals surface area contributed by atoms with E-state index >= 15 is 0 Å². The summed E-state index contributed by atoms with van der Waals surface area (Å²) in [5.41, 5.74) is 1.11. The first-order valence-corrected chi connectivity index (χ1v) is 7.92. The summed E-state index contributed by atoms with van der Waals surface area (Å²) in [7, 11) is 2.12. The topological polar surface area (TPSA) is 50.3 Å². The van der Waals surface area contributed by atoms with Crippen molar-refractivity contribution in [2.24, 2.45) is 0 Å². The molecule has 118 valence electrons. The van der Waals surface area contributed by atoms with E-state index in [0.29, 0.717) is 12.0 Å². The van der Waals surface area contributed by atoms with Crippen LogP contribution in [-0.4, -0.2) is 42.3 Å². The van der Waals surface area contributed by atoms with E-state index in [9.17, 15) is 0 Å². The van der Waals surface area contributed by atoms with E-state index in [1.165, 1.54) is 0 Å². The molecule has 0 amide bonds. The number of likely N-dealkylation sites (N-methyl/N-ethyl adjacent to an activating group) is 1. The average Bonchev–Trinajstić information content (AvgIpc) is 2.86. The van der Waals surface area contributed by atoms with Gasteiger partial charge in [0.1, 0.15) is 17.5 Å². The number of hydrogen-bond acceptors (Lipinski definition) is 5. The van der Waals surface area contributed by atoms with Crippen molar-refractivity contribution >= 4 is 11.6 Å². The maximum absolute atomic E-state index is 5.70. The van der Waals surface area contributed by atoms with E-state index in [0.717, 1.165) is 42.6 Å². The highest BCUT2D eigenvalue weighted by Gasteiger charge is 2.30. The highest BCUT2D eigenvalue weighted by Crippen LogP contribution is 2.29. The van der Waals surface area contributed by atoms with Gasteiger partial charge in [-0.15, -0.1) is 0 Å². The Balaban J connectivity index is 2.40. The molecule has 0 aliphatic carbocycles. The molecule has 5 heteroatoms. The summed E-state index contributed by atoms with van der Waals surface area (Å²) in [6.45, 7) is 12.3. The van der Waals surface area contributed by atoms with Crippen LogP contribution in [0.1, 0.15) is 51.4 Å². The zero-order valence-corrected chi connectivity index (χ0v) is 14.1. The summed E-state index contributed by atoms with van der Waals surface area (Å²) >= 11 is 0.